The number of carboxylic acid groups (broad SMARTS) is 1. The molecule has 0 radical (unpaired) electrons. The van der Waals surface area contributed by atoms with E-state index in [1.54, 1.807) is 6.07 Å². The molecule has 0 amide bonds. The zero-order valence-corrected chi connectivity index (χ0v) is 6.43. The van der Waals surface area contributed by atoms with E-state index in [-0.39, 0.29) is 18.9 Å². The largest absolute Gasteiger partial charge is 0.481 e. The lowest BCUT2D eigenvalue weighted by Crippen LogP contribution is -2.16. The predicted molar refractivity (Wildman–Crippen MR) is 40.6 cm³/mol. The summed E-state index contributed by atoms with van der Waals surface area (Å²) in [5.41, 5.74) is 5.96. The Balaban J connectivity index is 2.63. The van der Waals surface area contributed by atoms with E-state index in [4.69, 9.17) is 10.8 Å². The molecule has 3 N–H and O–H groups in total. The number of aliphatic carboxylic acids is 1. The highest BCUT2D eigenvalue weighted by atomic mass is 16.5. The lowest BCUT2D eigenvalue weighted by Gasteiger charge is -2.06. The standard InChI is InChI=1S/C7H10N2O3/c8-4-5(3-7(10)11)6-1-2-12-9-6/h1-2,5H,3-4,8H2,(H,10,11). The second-order valence-corrected chi connectivity index (χ2v) is 2.45. The van der Waals surface area contributed by atoms with Gasteiger partial charge in [0.1, 0.15) is 6.26 Å². The SMILES string of the molecule is NCC(CC(=O)O)c1ccon1. The Morgan fingerprint density at radius 1 is 1.83 bits per heavy atom. The van der Waals surface area contributed by atoms with Crippen LogP contribution in [0, 0.1) is 0 Å². The molecular weight excluding hydrogens is 160 g/mol. The van der Waals surface area contributed by atoms with Gasteiger partial charge in [0.05, 0.1) is 12.1 Å². The van der Waals surface area contributed by atoms with Crippen LogP contribution < -0.4 is 5.73 Å². The fourth-order valence-corrected chi connectivity index (χ4v) is 0.952. The van der Waals surface area contributed by atoms with Crippen molar-refractivity contribution in [3.63, 3.8) is 0 Å². The molecule has 66 valence electrons. The third-order valence-corrected chi connectivity index (χ3v) is 1.58. The van der Waals surface area contributed by atoms with E-state index in [0.29, 0.717) is 5.69 Å². The van der Waals surface area contributed by atoms with E-state index in [2.05, 4.69) is 9.68 Å². The van der Waals surface area contributed by atoms with Gasteiger partial charge in [-0.25, -0.2) is 0 Å². The van der Waals surface area contributed by atoms with Crippen molar-refractivity contribution < 1.29 is 14.4 Å². The van der Waals surface area contributed by atoms with Crippen LogP contribution in [-0.4, -0.2) is 22.8 Å². The summed E-state index contributed by atoms with van der Waals surface area (Å²) < 4.78 is 4.58. The predicted octanol–water partition coefficient (Wildman–Crippen LogP) is 0.192. The molecule has 1 unspecified atom stereocenters. The third kappa shape index (κ3) is 2.06. The van der Waals surface area contributed by atoms with Crippen LogP contribution in [0.5, 0.6) is 0 Å². The van der Waals surface area contributed by atoms with E-state index in [0.717, 1.165) is 0 Å². The van der Waals surface area contributed by atoms with Gasteiger partial charge in [-0.2, -0.15) is 0 Å². The first-order valence-corrected chi connectivity index (χ1v) is 3.56. The first-order chi connectivity index (χ1) is 5.74. The second kappa shape index (κ2) is 3.87. The number of carbonyl (C=O) groups is 1. The maximum Gasteiger partial charge on any atom is 0.304 e. The summed E-state index contributed by atoms with van der Waals surface area (Å²) in [4.78, 5) is 10.3. The molecule has 1 aromatic rings. The molecule has 0 spiro atoms. The van der Waals surface area contributed by atoms with E-state index < -0.39 is 5.97 Å². The third-order valence-electron chi connectivity index (χ3n) is 1.58. The minimum absolute atomic E-state index is 0.0109. The highest BCUT2D eigenvalue weighted by Gasteiger charge is 2.15. The minimum Gasteiger partial charge on any atom is -0.481 e. The van der Waals surface area contributed by atoms with E-state index in [1.165, 1.54) is 6.26 Å². The zero-order chi connectivity index (χ0) is 8.97. The molecule has 1 atom stereocenters. The van der Waals surface area contributed by atoms with E-state index >= 15 is 0 Å². The Kier molecular flexibility index (Phi) is 2.82. The number of hydrogen-bond donors (Lipinski definition) is 2. The number of nitrogens with zero attached hydrogens (tertiary/aromatic N) is 1. The average Bonchev–Trinajstić information content (AvgIpc) is 2.51. The normalized spacial score (nSPS) is 12.8. The van der Waals surface area contributed by atoms with Crippen LogP contribution in [0.4, 0.5) is 0 Å². The van der Waals surface area contributed by atoms with Gasteiger partial charge in [-0.15, -0.1) is 0 Å². The maximum absolute atomic E-state index is 10.3. The lowest BCUT2D eigenvalue weighted by atomic mass is 10.0. The summed E-state index contributed by atoms with van der Waals surface area (Å²) in [6.07, 6.45) is 1.39. The summed E-state index contributed by atoms with van der Waals surface area (Å²) in [5, 5.41) is 12.1. The fourth-order valence-electron chi connectivity index (χ4n) is 0.952. The molecule has 1 aromatic heterocycles. The number of hydrogen-bond acceptors (Lipinski definition) is 4. The fraction of sp³-hybridized carbons (Fsp3) is 0.429. The first-order valence-electron chi connectivity index (χ1n) is 3.56. The van der Waals surface area contributed by atoms with Crippen molar-refractivity contribution in [1.29, 1.82) is 0 Å². The quantitative estimate of drug-likeness (QED) is 0.673. The van der Waals surface area contributed by atoms with Gasteiger partial charge >= 0.3 is 5.97 Å². The van der Waals surface area contributed by atoms with Crippen LogP contribution in [0.2, 0.25) is 0 Å². The number of aromatic nitrogens is 1. The average molecular weight is 170 g/mol. The summed E-state index contributed by atoms with van der Waals surface area (Å²) in [6.45, 7) is 0.263. The number of carboxylic acids is 1. The zero-order valence-electron chi connectivity index (χ0n) is 6.43. The van der Waals surface area contributed by atoms with Gasteiger partial charge in [-0.1, -0.05) is 5.16 Å². The molecule has 1 heterocycles. The monoisotopic (exact) mass is 170 g/mol. The Morgan fingerprint density at radius 3 is 3.00 bits per heavy atom. The first kappa shape index (κ1) is 8.73. The number of rotatable bonds is 4. The Hall–Kier alpha value is -1.36. The van der Waals surface area contributed by atoms with Crippen LogP contribution in [0.15, 0.2) is 16.9 Å². The van der Waals surface area contributed by atoms with E-state index in [1.807, 2.05) is 0 Å². The molecule has 1 rings (SSSR count). The van der Waals surface area contributed by atoms with Crippen molar-refractivity contribution in [1.82, 2.24) is 5.16 Å². The molecule has 0 aliphatic heterocycles. The molecule has 0 saturated carbocycles. The molecule has 0 aromatic carbocycles. The molecule has 5 heteroatoms. The van der Waals surface area contributed by atoms with Gasteiger partial charge in [0.2, 0.25) is 0 Å². The van der Waals surface area contributed by atoms with Crippen molar-refractivity contribution in [2.45, 2.75) is 12.3 Å². The van der Waals surface area contributed by atoms with Crippen molar-refractivity contribution in [3.05, 3.63) is 18.0 Å². The van der Waals surface area contributed by atoms with Gasteiger partial charge in [-0.3, -0.25) is 4.79 Å². The van der Waals surface area contributed by atoms with Crippen molar-refractivity contribution >= 4 is 5.97 Å². The van der Waals surface area contributed by atoms with Gasteiger partial charge in [-0.05, 0) is 0 Å². The van der Waals surface area contributed by atoms with Crippen molar-refractivity contribution in [2.24, 2.45) is 5.73 Å². The van der Waals surface area contributed by atoms with E-state index in [9.17, 15) is 4.79 Å². The van der Waals surface area contributed by atoms with Crippen molar-refractivity contribution in [2.75, 3.05) is 6.54 Å². The Morgan fingerprint density at radius 2 is 2.58 bits per heavy atom. The van der Waals surface area contributed by atoms with Gasteiger partial charge in [0.25, 0.3) is 0 Å². The summed E-state index contributed by atoms with van der Waals surface area (Å²) in [7, 11) is 0. The molecule has 0 bridgehead atoms. The van der Waals surface area contributed by atoms with Gasteiger partial charge in [0.15, 0.2) is 0 Å². The Labute approximate surface area is 69.2 Å². The summed E-state index contributed by atoms with van der Waals surface area (Å²) in [5.74, 6) is -1.13. The maximum atomic E-state index is 10.3. The molecular formula is C7H10N2O3. The van der Waals surface area contributed by atoms with Gasteiger partial charge in [0, 0.05) is 18.5 Å². The number of nitrogens with two attached hydrogens (primary N) is 1. The van der Waals surface area contributed by atoms with Crippen LogP contribution in [0.25, 0.3) is 0 Å². The second-order valence-electron chi connectivity index (χ2n) is 2.45. The van der Waals surface area contributed by atoms with Crippen LogP contribution in [0.3, 0.4) is 0 Å². The van der Waals surface area contributed by atoms with Crippen LogP contribution in [0.1, 0.15) is 18.0 Å². The lowest BCUT2D eigenvalue weighted by molar-refractivity contribution is -0.137. The van der Waals surface area contributed by atoms with Crippen LogP contribution >= 0.6 is 0 Å². The van der Waals surface area contributed by atoms with Crippen molar-refractivity contribution in [3.8, 4) is 0 Å². The van der Waals surface area contributed by atoms with Crippen LogP contribution in [-0.2, 0) is 4.79 Å². The minimum atomic E-state index is -0.881. The Bertz CT molecular complexity index is 245. The summed E-state index contributed by atoms with van der Waals surface area (Å²) >= 11 is 0. The molecule has 12 heavy (non-hydrogen) atoms. The highest BCUT2D eigenvalue weighted by molar-refractivity contribution is 5.67. The molecule has 0 aliphatic carbocycles. The molecule has 5 nitrogen and oxygen atoms in total. The molecule has 0 saturated heterocycles. The molecule has 0 aliphatic rings. The smallest absolute Gasteiger partial charge is 0.304 e. The highest BCUT2D eigenvalue weighted by Crippen LogP contribution is 2.15. The summed E-state index contributed by atoms with van der Waals surface area (Å²) in [6, 6.07) is 1.63. The topological polar surface area (TPSA) is 89.4 Å². The molecule has 0 fully saturated rings. The van der Waals surface area contributed by atoms with Gasteiger partial charge < -0.3 is 15.4 Å².